The maximum Gasteiger partial charge on any atom is 0.222 e. The van der Waals surface area contributed by atoms with E-state index in [-0.39, 0.29) is 6.10 Å². The van der Waals surface area contributed by atoms with E-state index in [4.69, 9.17) is 10.5 Å². The molecule has 20 heavy (non-hydrogen) atoms. The van der Waals surface area contributed by atoms with Crippen LogP contribution in [-0.4, -0.2) is 34.6 Å². The molecule has 1 fully saturated rings. The first kappa shape index (κ1) is 12.8. The zero-order valence-electron chi connectivity index (χ0n) is 11.4. The lowest BCUT2D eigenvalue weighted by Gasteiger charge is -2.33. The Kier molecular flexibility index (Phi) is 3.47. The standard InChI is InChI=1S/C14H17N5O/c1-10-8-13(18-14(15)17-10)19-6-7-20-12(9-19)11-4-2-3-5-16-11/h2-5,8,12H,6-7,9H2,1H3,(H2,15,17,18)/t12-/m1/s1. The van der Waals surface area contributed by atoms with Crippen LogP contribution in [0.4, 0.5) is 11.8 Å². The average molecular weight is 271 g/mol. The molecule has 2 aromatic rings. The van der Waals surface area contributed by atoms with Gasteiger partial charge in [0.25, 0.3) is 0 Å². The van der Waals surface area contributed by atoms with Crippen LogP contribution in [0.1, 0.15) is 17.5 Å². The van der Waals surface area contributed by atoms with Gasteiger partial charge in [0.1, 0.15) is 11.9 Å². The van der Waals surface area contributed by atoms with Crippen LogP contribution < -0.4 is 10.6 Å². The van der Waals surface area contributed by atoms with Crippen molar-refractivity contribution in [3.8, 4) is 0 Å². The van der Waals surface area contributed by atoms with Crippen molar-refractivity contribution in [3.63, 3.8) is 0 Å². The second kappa shape index (κ2) is 5.42. The molecular weight excluding hydrogens is 254 g/mol. The van der Waals surface area contributed by atoms with Crippen molar-refractivity contribution in [1.82, 2.24) is 15.0 Å². The fourth-order valence-corrected chi connectivity index (χ4v) is 2.34. The number of pyridine rings is 1. The van der Waals surface area contributed by atoms with E-state index >= 15 is 0 Å². The molecule has 1 aliphatic rings. The molecule has 2 aromatic heterocycles. The maximum absolute atomic E-state index is 5.80. The van der Waals surface area contributed by atoms with Crippen molar-refractivity contribution in [2.45, 2.75) is 13.0 Å². The number of anilines is 2. The van der Waals surface area contributed by atoms with Gasteiger partial charge in [0.15, 0.2) is 0 Å². The Morgan fingerprint density at radius 2 is 2.25 bits per heavy atom. The summed E-state index contributed by atoms with van der Waals surface area (Å²) in [7, 11) is 0. The van der Waals surface area contributed by atoms with E-state index in [1.165, 1.54) is 0 Å². The first-order valence-electron chi connectivity index (χ1n) is 6.61. The maximum atomic E-state index is 5.80. The van der Waals surface area contributed by atoms with Crippen LogP contribution in [0.2, 0.25) is 0 Å². The predicted octanol–water partition coefficient (Wildman–Crippen LogP) is 1.34. The smallest absolute Gasteiger partial charge is 0.222 e. The molecule has 2 N–H and O–H groups in total. The number of nitrogens with zero attached hydrogens (tertiary/aromatic N) is 4. The van der Waals surface area contributed by atoms with Gasteiger partial charge >= 0.3 is 0 Å². The lowest BCUT2D eigenvalue weighted by molar-refractivity contribution is 0.0367. The summed E-state index contributed by atoms with van der Waals surface area (Å²) >= 11 is 0. The highest BCUT2D eigenvalue weighted by atomic mass is 16.5. The van der Waals surface area contributed by atoms with Crippen molar-refractivity contribution in [1.29, 1.82) is 0 Å². The lowest BCUT2D eigenvalue weighted by Crippen LogP contribution is -2.39. The SMILES string of the molecule is Cc1cc(N2CCO[C@@H](c3ccccn3)C2)nc(N)n1. The Hall–Kier alpha value is -2.21. The summed E-state index contributed by atoms with van der Waals surface area (Å²) in [4.78, 5) is 14.9. The highest BCUT2D eigenvalue weighted by Crippen LogP contribution is 2.24. The van der Waals surface area contributed by atoms with Gasteiger partial charge in [-0.1, -0.05) is 6.07 Å². The Labute approximate surface area is 117 Å². The van der Waals surface area contributed by atoms with Gasteiger partial charge in [-0.2, -0.15) is 4.98 Å². The Morgan fingerprint density at radius 1 is 1.35 bits per heavy atom. The molecule has 0 aliphatic carbocycles. The van der Waals surface area contributed by atoms with E-state index < -0.39 is 0 Å². The van der Waals surface area contributed by atoms with Crippen LogP contribution in [0.25, 0.3) is 0 Å². The molecule has 1 aliphatic heterocycles. The minimum absolute atomic E-state index is 0.0403. The molecule has 1 saturated heterocycles. The molecule has 0 aromatic carbocycles. The first-order valence-corrected chi connectivity index (χ1v) is 6.61. The van der Waals surface area contributed by atoms with Crippen molar-refractivity contribution in [2.24, 2.45) is 0 Å². The number of aromatic nitrogens is 3. The molecule has 6 heteroatoms. The minimum atomic E-state index is -0.0403. The monoisotopic (exact) mass is 271 g/mol. The third-order valence-electron chi connectivity index (χ3n) is 3.27. The van der Waals surface area contributed by atoms with E-state index in [2.05, 4.69) is 19.9 Å². The van der Waals surface area contributed by atoms with Crippen molar-refractivity contribution >= 4 is 11.8 Å². The highest BCUT2D eigenvalue weighted by molar-refractivity contribution is 5.44. The van der Waals surface area contributed by atoms with Crippen LogP contribution in [0.5, 0.6) is 0 Å². The fourth-order valence-electron chi connectivity index (χ4n) is 2.34. The topological polar surface area (TPSA) is 77.2 Å². The summed E-state index contributed by atoms with van der Waals surface area (Å²) in [6.45, 7) is 4.06. The van der Waals surface area contributed by atoms with E-state index in [1.54, 1.807) is 6.20 Å². The van der Waals surface area contributed by atoms with Gasteiger partial charge in [-0.25, -0.2) is 4.98 Å². The molecule has 0 unspecified atom stereocenters. The predicted molar refractivity (Wildman–Crippen MR) is 76.3 cm³/mol. The molecular formula is C14H17N5O. The van der Waals surface area contributed by atoms with Crippen molar-refractivity contribution in [3.05, 3.63) is 41.9 Å². The molecule has 0 bridgehead atoms. The van der Waals surface area contributed by atoms with E-state index in [0.717, 1.165) is 23.8 Å². The van der Waals surface area contributed by atoms with Gasteiger partial charge in [0.05, 0.1) is 18.8 Å². The van der Waals surface area contributed by atoms with Gasteiger partial charge < -0.3 is 15.4 Å². The third kappa shape index (κ3) is 2.70. The van der Waals surface area contributed by atoms with Crippen LogP contribution in [0.15, 0.2) is 30.5 Å². The number of aryl methyl sites for hydroxylation is 1. The van der Waals surface area contributed by atoms with E-state index in [0.29, 0.717) is 19.1 Å². The molecule has 3 rings (SSSR count). The second-order valence-electron chi connectivity index (χ2n) is 4.79. The summed E-state index contributed by atoms with van der Waals surface area (Å²) in [5.74, 6) is 1.15. The zero-order chi connectivity index (χ0) is 13.9. The number of morpholine rings is 1. The molecule has 6 nitrogen and oxygen atoms in total. The fraction of sp³-hybridized carbons (Fsp3) is 0.357. The molecule has 0 radical (unpaired) electrons. The average Bonchev–Trinajstić information content (AvgIpc) is 2.47. The molecule has 0 amide bonds. The normalized spacial score (nSPS) is 19.1. The van der Waals surface area contributed by atoms with Gasteiger partial charge in [0.2, 0.25) is 5.95 Å². The Bertz CT molecular complexity index is 569. The minimum Gasteiger partial charge on any atom is -0.368 e. The first-order chi connectivity index (χ1) is 9.72. The number of ether oxygens (including phenoxy) is 1. The highest BCUT2D eigenvalue weighted by Gasteiger charge is 2.24. The summed E-state index contributed by atoms with van der Waals surface area (Å²) < 4.78 is 5.80. The molecule has 1 atom stereocenters. The quantitative estimate of drug-likeness (QED) is 0.888. The van der Waals surface area contributed by atoms with Gasteiger partial charge in [-0.3, -0.25) is 4.98 Å². The van der Waals surface area contributed by atoms with Crippen LogP contribution in [0.3, 0.4) is 0 Å². The second-order valence-corrected chi connectivity index (χ2v) is 4.79. The van der Waals surface area contributed by atoms with Gasteiger partial charge in [-0.15, -0.1) is 0 Å². The van der Waals surface area contributed by atoms with Crippen LogP contribution >= 0.6 is 0 Å². The number of nitrogens with two attached hydrogens (primary N) is 1. The molecule has 0 spiro atoms. The summed E-state index contributed by atoms with van der Waals surface area (Å²) in [5, 5.41) is 0. The van der Waals surface area contributed by atoms with Crippen LogP contribution in [0, 0.1) is 6.92 Å². The number of hydrogen-bond donors (Lipinski definition) is 1. The van der Waals surface area contributed by atoms with Gasteiger partial charge in [-0.05, 0) is 19.1 Å². The summed E-state index contributed by atoms with van der Waals surface area (Å²) in [6, 6.07) is 7.79. The number of hydrogen-bond acceptors (Lipinski definition) is 6. The summed E-state index contributed by atoms with van der Waals surface area (Å²) in [6.07, 6.45) is 1.74. The molecule has 104 valence electrons. The van der Waals surface area contributed by atoms with Gasteiger partial charge in [0, 0.05) is 24.5 Å². The third-order valence-corrected chi connectivity index (χ3v) is 3.27. The van der Waals surface area contributed by atoms with E-state index in [1.807, 2.05) is 31.2 Å². The van der Waals surface area contributed by atoms with Crippen molar-refractivity contribution < 1.29 is 4.74 Å². The number of nitrogen functional groups attached to an aromatic ring is 1. The zero-order valence-corrected chi connectivity index (χ0v) is 11.4. The van der Waals surface area contributed by atoms with E-state index in [9.17, 15) is 0 Å². The Balaban J connectivity index is 1.81. The number of rotatable bonds is 2. The molecule has 0 saturated carbocycles. The van der Waals surface area contributed by atoms with Crippen molar-refractivity contribution in [2.75, 3.05) is 30.3 Å². The molecule has 3 heterocycles. The lowest BCUT2D eigenvalue weighted by atomic mass is 10.2. The van der Waals surface area contributed by atoms with Crippen LogP contribution in [-0.2, 0) is 4.74 Å². The summed E-state index contributed by atoms with van der Waals surface area (Å²) in [5.41, 5.74) is 7.53. The Morgan fingerprint density at radius 3 is 3.00 bits per heavy atom. The largest absolute Gasteiger partial charge is 0.368 e.